The van der Waals surface area contributed by atoms with Crippen LogP contribution in [0.25, 0.3) is 0 Å². The predicted octanol–water partition coefficient (Wildman–Crippen LogP) is 3.35. The van der Waals surface area contributed by atoms with Crippen LogP contribution >= 0.6 is 24.0 Å². The number of nitrogens with zero attached hydrogens (tertiary/aromatic N) is 1. The van der Waals surface area contributed by atoms with Crippen molar-refractivity contribution >= 4 is 24.0 Å². The molecular formula is C16H24Cl2N2O. The molecule has 0 radical (unpaired) electrons. The summed E-state index contributed by atoms with van der Waals surface area (Å²) in [5.74, 6) is 0.945. The molecule has 0 bridgehead atoms. The van der Waals surface area contributed by atoms with E-state index in [1.54, 1.807) is 7.11 Å². The zero-order chi connectivity index (χ0) is 14.0. The Hall–Kier alpha value is -0.480. The molecule has 2 aliphatic heterocycles. The van der Waals surface area contributed by atoms with Crippen LogP contribution in [0.5, 0.6) is 5.75 Å². The smallest absolute Gasteiger partial charge is 0.123 e. The molecule has 5 heteroatoms. The Balaban J connectivity index is 0.00000161. The molecule has 21 heavy (non-hydrogen) atoms. The van der Waals surface area contributed by atoms with Gasteiger partial charge in [-0.2, -0.15) is 0 Å². The second kappa shape index (κ2) is 7.19. The van der Waals surface area contributed by atoms with E-state index in [0.29, 0.717) is 5.41 Å². The van der Waals surface area contributed by atoms with Gasteiger partial charge >= 0.3 is 0 Å². The number of hydrogen-bond donors (Lipinski definition) is 1. The maximum atomic E-state index is 6.12. The van der Waals surface area contributed by atoms with Gasteiger partial charge in [-0.25, -0.2) is 0 Å². The summed E-state index contributed by atoms with van der Waals surface area (Å²) in [5.41, 5.74) is 1.75. The fraction of sp³-hybridized carbons (Fsp3) is 0.625. The molecule has 1 aromatic rings. The van der Waals surface area contributed by atoms with Crippen LogP contribution in [0, 0.1) is 5.41 Å². The summed E-state index contributed by atoms with van der Waals surface area (Å²) in [6, 6.07) is 5.89. The minimum absolute atomic E-state index is 0. The van der Waals surface area contributed by atoms with Crippen molar-refractivity contribution in [3.05, 3.63) is 28.8 Å². The Morgan fingerprint density at radius 3 is 2.76 bits per heavy atom. The van der Waals surface area contributed by atoms with Gasteiger partial charge in [-0.1, -0.05) is 11.6 Å². The minimum atomic E-state index is 0. The highest BCUT2D eigenvalue weighted by Gasteiger charge is 2.38. The van der Waals surface area contributed by atoms with Crippen LogP contribution < -0.4 is 10.1 Å². The molecule has 2 saturated heterocycles. The summed E-state index contributed by atoms with van der Waals surface area (Å²) >= 11 is 6.12. The van der Waals surface area contributed by atoms with E-state index in [1.807, 2.05) is 18.2 Å². The van der Waals surface area contributed by atoms with Gasteiger partial charge in [0.15, 0.2) is 0 Å². The van der Waals surface area contributed by atoms with Gasteiger partial charge in [0.2, 0.25) is 0 Å². The van der Waals surface area contributed by atoms with Gasteiger partial charge in [0.25, 0.3) is 0 Å². The highest BCUT2D eigenvalue weighted by Crippen LogP contribution is 2.39. The van der Waals surface area contributed by atoms with Gasteiger partial charge in [-0.15, -0.1) is 12.4 Å². The molecule has 0 aliphatic carbocycles. The second-order valence-corrected chi connectivity index (χ2v) is 6.60. The van der Waals surface area contributed by atoms with E-state index in [1.165, 1.54) is 51.0 Å². The van der Waals surface area contributed by atoms with Gasteiger partial charge in [-0.3, -0.25) is 4.90 Å². The minimum Gasteiger partial charge on any atom is -0.496 e. The first-order chi connectivity index (χ1) is 9.71. The van der Waals surface area contributed by atoms with Crippen molar-refractivity contribution in [3.8, 4) is 5.75 Å². The van der Waals surface area contributed by atoms with Crippen molar-refractivity contribution in [2.24, 2.45) is 5.41 Å². The number of piperidine rings is 1. The van der Waals surface area contributed by atoms with Crippen LogP contribution in [0.1, 0.15) is 24.8 Å². The van der Waals surface area contributed by atoms with Crippen molar-refractivity contribution in [2.45, 2.75) is 25.8 Å². The quantitative estimate of drug-likeness (QED) is 0.919. The second-order valence-electron chi connectivity index (χ2n) is 6.17. The fourth-order valence-corrected chi connectivity index (χ4v) is 3.83. The summed E-state index contributed by atoms with van der Waals surface area (Å²) in [6.45, 7) is 5.70. The lowest BCUT2D eigenvalue weighted by Gasteiger charge is -2.34. The van der Waals surface area contributed by atoms with Gasteiger partial charge in [-0.05, 0) is 62.5 Å². The van der Waals surface area contributed by atoms with Crippen molar-refractivity contribution in [1.29, 1.82) is 0 Å². The van der Waals surface area contributed by atoms with Crippen molar-refractivity contribution in [1.82, 2.24) is 10.2 Å². The summed E-state index contributed by atoms with van der Waals surface area (Å²) in [5, 5.41) is 4.26. The van der Waals surface area contributed by atoms with Crippen LogP contribution in [-0.2, 0) is 6.54 Å². The van der Waals surface area contributed by atoms with Crippen LogP contribution in [0.3, 0.4) is 0 Å². The average molecular weight is 331 g/mol. The Bertz CT molecular complexity index is 475. The number of methoxy groups -OCH3 is 1. The molecule has 2 heterocycles. The number of rotatable bonds is 3. The van der Waals surface area contributed by atoms with E-state index in [0.717, 1.165) is 17.3 Å². The van der Waals surface area contributed by atoms with E-state index >= 15 is 0 Å². The molecule has 1 spiro atoms. The van der Waals surface area contributed by atoms with E-state index < -0.39 is 0 Å². The first-order valence-electron chi connectivity index (χ1n) is 7.46. The molecule has 2 fully saturated rings. The monoisotopic (exact) mass is 330 g/mol. The highest BCUT2D eigenvalue weighted by atomic mass is 35.5. The van der Waals surface area contributed by atoms with E-state index in [9.17, 15) is 0 Å². The Morgan fingerprint density at radius 2 is 2.05 bits per heavy atom. The maximum Gasteiger partial charge on any atom is 0.123 e. The number of nitrogens with one attached hydrogen (secondary N) is 1. The van der Waals surface area contributed by atoms with Crippen LogP contribution in [0.15, 0.2) is 18.2 Å². The third-order valence-electron chi connectivity index (χ3n) is 4.82. The zero-order valence-corrected chi connectivity index (χ0v) is 14.1. The molecule has 118 valence electrons. The highest BCUT2D eigenvalue weighted by molar-refractivity contribution is 6.30. The van der Waals surface area contributed by atoms with Crippen LogP contribution in [-0.4, -0.2) is 38.2 Å². The van der Waals surface area contributed by atoms with Crippen molar-refractivity contribution in [3.63, 3.8) is 0 Å². The van der Waals surface area contributed by atoms with Gasteiger partial charge in [0.05, 0.1) is 7.11 Å². The summed E-state index contributed by atoms with van der Waals surface area (Å²) < 4.78 is 5.45. The molecule has 0 atom stereocenters. The normalized spacial score (nSPS) is 21.2. The summed E-state index contributed by atoms with van der Waals surface area (Å²) in [7, 11) is 1.73. The number of ether oxygens (including phenoxy) is 1. The Kier molecular flexibility index (Phi) is 5.78. The third-order valence-corrected chi connectivity index (χ3v) is 5.05. The zero-order valence-electron chi connectivity index (χ0n) is 12.5. The number of likely N-dealkylation sites (tertiary alicyclic amines) is 1. The molecule has 0 saturated carbocycles. The molecule has 3 rings (SSSR count). The molecule has 3 nitrogen and oxygen atoms in total. The molecule has 0 amide bonds. The summed E-state index contributed by atoms with van der Waals surface area (Å²) in [4.78, 5) is 2.56. The average Bonchev–Trinajstić information content (AvgIpc) is 2.82. The van der Waals surface area contributed by atoms with Crippen LogP contribution in [0.2, 0.25) is 5.02 Å². The lowest BCUT2D eigenvalue weighted by Crippen LogP contribution is -2.38. The number of benzene rings is 1. The van der Waals surface area contributed by atoms with Crippen molar-refractivity contribution < 1.29 is 4.74 Å². The third kappa shape index (κ3) is 3.84. The maximum absolute atomic E-state index is 6.12. The predicted molar refractivity (Wildman–Crippen MR) is 89.7 cm³/mol. The van der Waals surface area contributed by atoms with Gasteiger partial charge < -0.3 is 10.1 Å². The topological polar surface area (TPSA) is 24.5 Å². The molecule has 0 aromatic heterocycles. The largest absolute Gasteiger partial charge is 0.496 e. The Morgan fingerprint density at radius 1 is 1.29 bits per heavy atom. The lowest BCUT2D eigenvalue weighted by atomic mass is 9.78. The lowest BCUT2D eigenvalue weighted by molar-refractivity contribution is 0.193. The number of hydrogen-bond acceptors (Lipinski definition) is 3. The molecular weight excluding hydrogens is 307 g/mol. The van der Waals surface area contributed by atoms with Gasteiger partial charge in [0, 0.05) is 23.7 Å². The van der Waals surface area contributed by atoms with Crippen molar-refractivity contribution in [2.75, 3.05) is 33.3 Å². The number of halogens is 2. The summed E-state index contributed by atoms with van der Waals surface area (Å²) in [6.07, 6.45) is 3.96. The molecule has 0 unspecified atom stereocenters. The molecule has 2 aliphatic rings. The fourth-order valence-electron chi connectivity index (χ4n) is 3.64. The van der Waals surface area contributed by atoms with E-state index in [-0.39, 0.29) is 12.4 Å². The molecule has 1 aromatic carbocycles. The van der Waals surface area contributed by atoms with E-state index in [4.69, 9.17) is 16.3 Å². The van der Waals surface area contributed by atoms with Crippen LogP contribution in [0.4, 0.5) is 0 Å². The first-order valence-corrected chi connectivity index (χ1v) is 7.84. The standard InChI is InChI=1S/C16H23ClN2O.ClH/c1-20-15-3-2-14(17)10-13(15)11-19-9-6-16(12-19)4-7-18-8-5-16;/h2-3,10,18H,4-9,11-12H2,1H3;1H. The van der Waals surface area contributed by atoms with Gasteiger partial charge in [0.1, 0.15) is 5.75 Å². The van der Waals surface area contributed by atoms with E-state index in [2.05, 4.69) is 10.2 Å². The Labute approximate surface area is 138 Å². The SMILES string of the molecule is COc1ccc(Cl)cc1CN1CCC2(CCNCC2)C1.Cl. The molecule has 1 N–H and O–H groups in total. The first kappa shape index (κ1) is 16.9.